The molecule has 118 valence electrons. The van der Waals surface area contributed by atoms with Crippen molar-refractivity contribution < 1.29 is 14.3 Å². The molecule has 2 saturated carbocycles. The summed E-state index contributed by atoms with van der Waals surface area (Å²) in [6, 6.07) is 3.47. The fourth-order valence-corrected chi connectivity index (χ4v) is 3.89. The van der Waals surface area contributed by atoms with Gasteiger partial charge in [-0.1, -0.05) is 32.1 Å². The maximum Gasteiger partial charge on any atom is 0.231 e. The van der Waals surface area contributed by atoms with Crippen molar-refractivity contribution in [3.8, 4) is 11.5 Å². The first-order chi connectivity index (χ1) is 10.7. The Morgan fingerprint density at radius 2 is 1.86 bits per heavy atom. The predicted octanol–water partition coefficient (Wildman–Crippen LogP) is 3.15. The van der Waals surface area contributed by atoms with E-state index in [4.69, 9.17) is 15.2 Å². The largest absolute Gasteiger partial charge is 0.454 e. The van der Waals surface area contributed by atoms with E-state index in [1.54, 1.807) is 12.1 Å². The molecule has 2 aliphatic carbocycles. The van der Waals surface area contributed by atoms with Gasteiger partial charge in [-0.05, 0) is 18.3 Å². The molecular formula is C17H22N2O3. The van der Waals surface area contributed by atoms with Gasteiger partial charge in [0.2, 0.25) is 12.7 Å². The Hall–Kier alpha value is -1.91. The smallest absolute Gasteiger partial charge is 0.231 e. The molecule has 2 unspecified atom stereocenters. The van der Waals surface area contributed by atoms with E-state index in [9.17, 15) is 4.79 Å². The average molecular weight is 302 g/mol. The quantitative estimate of drug-likeness (QED) is 0.841. The van der Waals surface area contributed by atoms with E-state index in [2.05, 4.69) is 5.32 Å². The van der Waals surface area contributed by atoms with E-state index in [0.717, 1.165) is 12.3 Å². The zero-order chi connectivity index (χ0) is 15.1. The van der Waals surface area contributed by atoms with E-state index >= 15 is 0 Å². The molecule has 3 aliphatic rings. The second-order valence-electron chi connectivity index (χ2n) is 6.69. The first kappa shape index (κ1) is 13.7. The van der Waals surface area contributed by atoms with Crippen molar-refractivity contribution in [3.63, 3.8) is 0 Å². The number of nitrogen functional groups attached to an aromatic ring is 1. The lowest BCUT2D eigenvalue weighted by Gasteiger charge is -2.21. The number of ether oxygens (including phenoxy) is 2. The van der Waals surface area contributed by atoms with Crippen LogP contribution in [-0.2, 0) is 4.79 Å². The highest BCUT2D eigenvalue weighted by Crippen LogP contribution is 2.50. The van der Waals surface area contributed by atoms with Gasteiger partial charge in [0, 0.05) is 18.1 Å². The summed E-state index contributed by atoms with van der Waals surface area (Å²) in [5.74, 6) is 2.87. The van der Waals surface area contributed by atoms with E-state index in [-0.39, 0.29) is 18.6 Å². The summed E-state index contributed by atoms with van der Waals surface area (Å²) in [6.07, 6.45) is 7.62. The molecule has 1 heterocycles. The summed E-state index contributed by atoms with van der Waals surface area (Å²) in [5, 5.41) is 2.97. The second-order valence-corrected chi connectivity index (χ2v) is 6.69. The number of rotatable bonds is 3. The Morgan fingerprint density at radius 1 is 1.14 bits per heavy atom. The monoisotopic (exact) mass is 302 g/mol. The minimum absolute atomic E-state index is 0.0983. The van der Waals surface area contributed by atoms with E-state index in [0.29, 0.717) is 28.8 Å². The van der Waals surface area contributed by atoms with Crippen LogP contribution in [0.2, 0.25) is 0 Å². The van der Waals surface area contributed by atoms with Gasteiger partial charge in [-0.3, -0.25) is 4.79 Å². The van der Waals surface area contributed by atoms with Crippen molar-refractivity contribution in [2.24, 2.45) is 17.8 Å². The molecule has 5 nitrogen and oxygen atoms in total. The Morgan fingerprint density at radius 3 is 2.64 bits per heavy atom. The van der Waals surface area contributed by atoms with Crippen LogP contribution in [0.1, 0.15) is 38.5 Å². The fourth-order valence-electron chi connectivity index (χ4n) is 3.89. The molecule has 3 N–H and O–H groups in total. The highest BCUT2D eigenvalue weighted by atomic mass is 16.7. The van der Waals surface area contributed by atoms with Crippen LogP contribution in [0.5, 0.6) is 11.5 Å². The van der Waals surface area contributed by atoms with Gasteiger partial charge >= 0.3 is 0 Å². The number of amides is 1. The lowest BCUT2D eigenvalue weighted by Crippen LogP contribution is -2.18. The van der Waals surface area contributed by atoms with Gasteiger partial charge in [-0.2, -0.15) is 0 Å². The first-order valence-corrected chi connectivity index (χ1v) is 8.22. The van der Waals surface area contributed by atoms with Crippen molar-refractivity contribution >= 4 is 17.3 Å². The molecule has 0 bridgehead atoms. The van der Waals surface area contributed by atoms with Gasteiger partial charge in [-0.25, -0.2) is 0 Å². The zero-order valence-corrected chi connectivity index (χ0v) is 12.6. The molecule has 1 aromatic carbocycles. The van der Waals surface area contributed by atoms with Crippen LogP contribution >= 0.6 is 0 Å². The van der Waals surface area contributed by atoms with E-state index in [1.165, 1.54) is 32.1 Å². The van der Waals surface area contributed by atoms with Crippen LogP contribution < -0.4 is 20.5 Å². The Bertz CT molecular complexity index is 596. The molecule has 0 aromatic heterocycles. The van der Waals surface area contributed by atoms with Crippen molar-refractivity contribution in [2.45, 2.75) is 38.5 Å². The first-order valence-electron chi connectivity index (χ1n) is 8.22. The number of benzene rings is 1. The Labute approximate surface area is 130 Å². The summed E-state index contributed by atoms with van der Waals surface area (Å²) in [7, 11) is 0. The van der Waals surface area contributed by atoms with Crippen LogP contribution in [0, 0.1) is 17.8 Å². The molecule has 0 radical (unpaired) electrons. The number of carbonyl (C=O) groups is 1. The van der Waals surface area contributed by atoms with Crippen LogP contribution in [0.4, 0.5) is 11.4 Å². The fraction of sp³-hybridized carbons (Fsp3) is 0.588. The highest BCUT2D eigenvalue weighted by Gasteiger charge is 2.47. The topological polar surface area (TPSA) is 73.6 Å². The molecule has 4 rings (SSSR count). The number of fused-ring (bicyclic) bond motifs is 1. The number of hydrogen-bond donors (Lipinski definition) is 2. The maximum atomic E-state index is 12.4. The molecule has 1 aromatic rings. The molecule has 2 atom stereocenters. The van der Waals surface area contributed by atoms with Gasteiger partial charge in [0.15, 0.2) is 11.5 Å². The SMILES string of the molecule is Nc1cc2c(cc1NC(=O)C1CC1C1CCCCC1)OCO2. The summed E-state index contributed by atoms with van der Waals surface area (Å²) in [5.41, 5.74) is 7.14. The Balaban J connectivity index is 1.41. The van der Waals surface area contributed by atoms with Crippen molar-refractivity contribution in [2.75, 3.05) is 17.8 Å². The average Bonchev–Trinajstić information content (AvgIpc) is 3.22. The molecular weight excluding hydrogens is 280 g/mol. The lowest BCUT2D eigenvalue weighted by molar-refractivity contribution is -0.117. The third kappa shape index (κ3) is 2.49. The van der Waals surface area contributed by atoms with Crippen molar-refractivity contribution in [1.29, 1.82) is 0 Å². The van der Waals surface area contributed by atoms with Gasteiger partial charge in [0.05, 0.1) is 11.4 Å². The van der Waals surface area contributed by atoms with Crippen LogP contribution in [0.3, 0.4) is 0 Å². The Kier molecular flexibility index (Phi) is 3.36. The number of nitrogens with two attached hydrogens (primary N) is 1. The number of hydrogen-bond acceptors (Lipinski definition) is 4. The highest BCUT2D eigenvalue weighted by molar-refractivity contribution is 5.97. The number of nitrogens with one attached hydrogen (secondary N) is 1. The van der Waals surface area contributed by atoms with E-state index < -0.39 is 0 Å². The zero-order valence-electron chi connectivity index (χ0n) is 12.6. The number of carbonyl (C=O) groups excluding carboxylic acids is 1. The standard InChI is InChI=1S/C17H22N2O3/c18-13-7-15-16(22-9-21-15)8-14(13)19-17(20)12-6-11(12)10-4-2-1-3-5-10/h7-8,10-12H,1-6,9,18H2,(H,19,20). The van der Waals surface area contributed by atoms with Gasteiger partial charge in [-0.15, -0.1) is 0 Å². The molecule has 22 heavy (non-hydrogen) atoms. The van der Waals surface area contributed by atoms with Crippen molar-refractivity contribution in [1.82, 2.24) is 0 Å². The van der Waals surface area contributed by atoms with Crippen LogP contribution in [0.25, 0.3) is 0 Å². The minimum atomic E-state index is 0.0983. The normalized spacial score (nSPS) is 26.7. The van der Waals surface area contributed by atoms with E-state index in [1.807, 2.05) is 0 Å². The molecule has 1 aliphatic heterocycles. The van der Waals surface area contributed by atoms with Gasteiger partial charge < -0.3 is 20.5 Å². The summed E-state index contributed by atoms with van der Waals surface area (Å²) >= 11 is 0. The minimum Gasteiger partial charge on any atom is -0.454 e. The van der Waals surface area contributed by atoms with Crippen LogP contribution in [-0.4, -0.2) is 12.7 Å². The summed E-state index contributed by atoms with van der Waals surface area (Å²) in [6.45, 7) is 0.207. The van der Waals surface area contributed by atoms with Gasteiger partial charge in [0.1, 0.15) is 0 Å². The molecule has 2 fully saturated rings. The number of anilines is 2. The van der Waals surface area contributed by atoms with Crippen LogP contribution in [0.15, 0.2) is 12.1 Å². The third-order valence-electron chi connectivity index (χ3n) is 5.23. The van der Waals surface area contributed by atoms with Gasteiger partial charge in [0.25, 0.3) is 0 Å². The molecule has 0 spiro atoms. The molecule has 0 saturated heterocycles. The summed E-state index contributed by atoms with van der Waals surface area (Å²) < 4.78 is 10.6. The summed E-state index contributed by atoms with van der Waals surface area (Å²) in [4.78, 5) is 12.4. The third-order valence-corrected chi connectivity index (χ3v) is 5.23. The van der Waals surface area contributed by atoms with Crippen molar-refractivity contribution in [3.05, 3.63) is 12.1 Å². The second kappa shape index (κ2) is 5.38. The lowest BCUT2D eigenvalue weighted by atomic mass is 9.85. The molecule has 1 amide bonds. The predicted molar refractivity (Wildman–Crippen MR) is 83.8 cm³/mol. The maximum absolute atomic E-state index is 12.4. The molecule has 5 heteroatoms.